The zero-order valence-electron chi connectivity index (χ0n) is 21.0. The highest BCUT2D eigenvalue weighted by atomic mass is 16.6. The summed E-state index contributed by atoms with van der Waals surface area (Å²) in [4.78, 5) is 17.8. The first-order valence-corrected chi connectivity index (χ1v) is 11.3. The van der Waals surface area contributed by atoms with Crippen LogP contribution in [-0.2, 0) is 29.8 Å². The predicted molar refractivity (Wildman–Crippen MR) is 136 cm³/mol. The molecule has 184 valence electrons. The van der Waals surface area contributed by atoms with E-state index in [4.69, 9.17) is 9.57 Å². The van der Waals surface area contributed by atoms with Crippen molar-refractivity contribution in [2.75, 3.05) is 0 Å². The van der Waals surface area contributed by atoms with Crippen LogP contribution in [0.4, 0.5) is 0 Å². The maximum atomic E-state index is 12.3. The van der Waals surface area contributed by atoms with Gasteiger partial charge in [0.05, 0.1) is 17.1 Å². The average molecular weight is 478 g/mol. The summed E-state index contributed by atoms with van der Waals surface area (Å²) in [5.74, 6) is 0.457. The fourth-order valence-electron chi connectivity index (χ4n) is 3.13. The Morgan fingerprint density at radius 3 is 2.37 bits per heavy atom. The van der Waals surface area contributed by atoms with Gasteiger partial charge < -0.3 is 9.57 Å². The number of hydrogen-bond acceptors (Lipinski definition) is 8. The molecular weight excluding hydrogens is 446 g/mol. The quantitative estimate of drug-likeness (QED) is 0.264. The van der Waals surface area contributed by atoms with Gasteiger partial charge in [0.2, 0.25) is 5.90 Å². The Kier molecular flexibility index (Phi) is 8.66. The molecule has 3 aromatic rings. The largest absolute Gasteiger partial charge is 0.475 e. The van der Waals surface area contributed by atoms with Crippen molar-refractivity contribution in [1.29, 1.82) is 0 Å². The lowest BCUT2D eigenvalue weighted by Gasteiger charge is -2.13. The summed E-state index contributed by atoms with van der Waals surface area (Å²) in [5, 5.41) is 20.4. The molecule has 0 bridgehead atoms. The molecule has 1 heterocycles. The van der Waals surface area contributed by atoms with E-state index in [1.807, 2.05) is 77.1 Å². The predicted octanol–water partition coefficient (Wildman–Crippen LogP) is 3.88. The van der Waals surface area contributed by atoms with Gasteiger partial charge >= 0.3 is 5.69 Å². The van der Waals surface area contributed by atoms with E-state index in [1.54, 1.807) is 7.05 Å². The topological polar surface area (TPSA) is 108 Å². The van der Waals surface area contributed by atoms with Crippen molar-refractivity contribution in [2.45, 2.75) is 54.3 Å². The van der Waals surface area contributed by atoms with Gasteiger partial charge in [-0.05, 0) is 60.9 Å². The van der Waals surface area contributed by atoms with Crippen molar-refractivity contribution in [3.8, 4) is 5.69 Å². The van der Waals surface area contributed by atoms with Crippen LogP contribution in [0.25, 0.3) is 5.69 Å². The van der Waals surface area contributed by atoms with Gasteiger partial charge in [0.25, 0.3) is 0 Å². The van der Waals surface area contributed by atoms with Gasteiger partial charge in [-0.25, -0.2) is 4.79 Å². The third-order valence-electron chi connectivity index (χ3n) is 5.54. The molecule has 0 spiro atoms. The van der Waals surface area contributed by atoms with Crippen LogP contribution >= 0.6 is 0 Å². The molecule has 35 heavy (non-hydrogen) atoms. The number of aryl methyl sites for hydroxylation is 3. The first kappa shape index (κ1) is 25.5. The van der Waals surface area contributed by atoms with Crippen molar-refractivity contribution in [3.05, 3.63) is 75.2 Å². The maximum absolute atomic E-state index is 12.3. The number of ether oxygens (including phenoxy) is 1. The van der Waals surface area contributed by atoms with E-state index < -0.39 is 0 Å². The molecule has 0 unspecified atom stereocenters. The van der Waals surface area contributed by atoms with E-state index >= 15 is 0 Å². The van der Waals surface area contributed by atoms with Gasteiger partial charge in [0.15, 0.2) is 0 Å². The summed E-state index contributed by atoms with van der Waals surface area (Å²) in [5.41, 5.74) is 5.54. The third-order valence-corrected chi connectivity index (χ3v) is 5.54. The molecule has 0 N–H and O–H groups in total. The van der Waals surface area contributed by atoms with Gasteiger partial charge in [-0.2, -0.15) is 14.5 Å². The number of rotatable bonds is 9. The number of benzene rings is 2. The summed E-state index contributed by atoms with van der Waals surface area (Å²) < 4.78 is 8.39. The van der Waals surface area contributed by atoms with E-state index in [1.165, 1.54) is 9.36 Å². The normalized spacial score (nSPS) is 12.7. The van der Waals surface area contributed by atoms with Crippen LogP contribution in [0.15, 0.2) is 62.6 Å². The summed E-state index contributed by atoms with van der Waals surface area (Å²) in [6.07, 6.45) is 0.545. The third kappa shape index (κ3) is 6.50. The van der Waals surface area contributed by atoms with E-state index in [9.17, 15) is 4.79 Å². The van der Waals surface area contributed by atoms with Gasteiger partial charge in [-0.1, -0.05) is 48.5 Å². The average Bonchev–Trinajstić information content (AvgIpc) is 3.18. The first-order chi connectivity index (χ1) is 16.8. The van der Waals surface area contributed by atoms with Gasteiger partial charge in [0, 0.05) is 19.0 Å². The Balaban J connectivity index is 1.69. The second kappa shape index (κ2) is 11.9. The van der Waals surface area contributed by atoms with Gasteiger partial charge in [-0.3, -0.25) is 0 Å². The number of oxime groups is 1. The Hall–Kier alpha value is -4.08. The number of hydrogen-bond donors (Lipinski definition) is 0. The molecule has 0 saturated carbocycles. The smallest absolute Gasteiger partial charge is 0.368 e. The van der Waals surface area contributed by atoms with Crippen molar-refractivity contribution in [3.63, 3.8) is 0 Å². The molecule has 1 aromatic heterocycles. The summed E-state index contributed by atoms with van der Waals surface area (Å²) >= 11 is 0. The standard InChI is InChI=1S/C25H31N7O3/c1-7-24(27-26-19(4)20(5)28-35-15-21-13-9-8-11-17(21)2)34-16-22-18(3)12-10-14-23(22)32-25(33)31(6)29-30-32/h8-14H,7,15-16H2,1-6H3/b26-19-,27-24-,28-20-. The van der Waals surface area contributed by atoms with E-state index in [0.717, 1.165) is 22.3 Å². The summed E-state index contributed by atoms with van der Waals surface area (Å²) in [6.45, 7) is 10.1. The lowest BCUT2D eigenvalue weighted by Crippen LogP contribution is -2.23. The number of nitrogens with zero attached hydrogens (tertiary/aromatic N) is 7. The van der Waals surface area contributed by atoms with Crippen molar-refractivity contribution in [1.82, 2.24) is 19.8 Å². The molecule has 0 atom stereocenters. The second-order valence-electron chi connectivity index (χ2n) is 8.07. The minimum absolute atomic E-state index is 0.207. The number of aromatic nitrogens is 4. The highest BCUT2D eigenvalue weighted by molar-refractivity contribution is 6.40. The lowest BCUT2D eigenvalue weighted by atomic mass is 10.1. The molecule has 10 heteroatoms. The zero-order valence-corrected chi connectivity index (χ0v) is 21.0. The highest BCUT2D eigenvalue weighted by Gasteiger charge is 2.14. The SMILES string of the molecule is CC/C(=N/N=C(C)\C(C)=N/OCc1ccccc1C)OCc1c(C)cccc1-n1nnn(C)c1=O. The lowest BCUT2D eigenvalue weighted by molar-refractivity contribution is 0.130. The molecule has 3 rings (SSSR count). The zero-order chi connectivity index (χ0) is 25.4. The van der Waals surface area contributed by atoms with Gasteiger partial charge in [0.1, 0.15) is 13.2 Å². The Morgan fingerprint density at radius 2 is 1.69 bits per heavy atom. The maximum Gasteiger partial charge on any atom is 0.368 e. The summed E-state index contributed by atoms with van der Waals surface area (Å²) in [6, 6.07) is 13.6. The van der Waals surface area contributed by atoms with Crippen LogP contribution in [0.2, 0.25) is 0 Å². The minimum atomic E-state index is -0.333. The van der Waals surface area contributed by atoms with E-state index in [2.05, 4.69) is 25.8 Å². The highest BCUT2D eigenvalue weighted by Crippen LogP contribution is 2.18. The molecule has 0 radical (unpaired) electrons. The van der Waals surface area contributed by atoms with Gasteiger partial charge in [-0.15, -0.1) is 5.10 Å². The fourth-order valence-corrected chi connectivity index (χ4v) is 3.13. The molecule has 0 saturated heterocycles. The van der Waals surface area contributed by atoms with E-state index in [-0.39, 0.29) is 12.3 Å². The van der Waals surface area contributed by atoms with E-state index in [0.29, 0.717) is 36.0 Å². The first-order valence-electron chi connectivity index (χ1n) is 11.3. The van der Waals surface area contributed by atoms with Crippen molar-refractivity contribution < 1.29 is 9.57 Å². The van der Waals surface area contributed by atoms with Crippen LogP contribution in [0, 0.1) is 13.8 Å². The Morgan fingerprint density at radius 1 is 0.943 bits per heavy atom. The monoisotopic (exact) mass is 477 g/mol. The summed E-state index contributed by atoms with van der Waals surface area (Å²) in [7, 11) is 1.55. The molecule has 10 nitrogen and oxygen atoms in total. The Labute approximate surface area is 204 Å². The second-order valence-corrected chi connectivity index (χ2v) is 8.07. The molecule has 0 aliphatic rings. The molecule has 0 fully saturated rings. The van der Waals surface area contributed by atoms with Crippen LogP contribution in [0.3, 0.4) is 0 Å². The van der Waals surface area contributed by atoms with Crippen molar-refractivity contribution in [2.24, 2.45) is 22.4 Å². The minimum Gasteiger partial charge on any atom is -0.475 e. The van der Waals surface area contributed by atoms with Crippen LogP contribution in [-0.4, -0.2) is 37.1 Å². The number of tetrazole rings is 1. The van der Waals surface area contributed by atoms with Crippen LogP contribution in [0.5, 0.6) is 0 Å². The molecule has 0 aliphatic heterocycles. The Bertz CT molecular complexity index is 1320. The molecule has 2 aromatic carbocycles. The molecule has 0 amide bonds. The van der Waals surface area contributed by atoms with Crippen LogP contribution < -0.4 is 5.69 Å². The molecular formula is C25H31N7O3. The van der Waals surface area contributed by atoms with Crippen molar-refractivity contribution >= 4 is 17.3 Å². The molecule has 0 aliphatic carbocycles. The fraction of sp³-hybridized carbons (Fsp3) is 0.360. The van der Waals surface area contributed by atoms with Crippen LogP contribution in [0.1, 0.15) is 49.4 Å².